The highest BCUT2D eigenvalue weighted by molar-refractivity contribution is 7.80. The first-order valence-corrected chi connectivity index (χ1v) is 7.52. The number of hydrogen-bond donors (Lipinski definition) is 3. The summed E-state index contributed by atoms with van der Waals surface area (Å²) < 4.78 is 0. The molecule has 1 aliphatic heterocycles. The van der Waals surface area contributed by atoms with E-state index < -0.39 is 0 Å². The van der Waals surface area contributed by atoms with E-state index >= 15 is 0 Å². The molecule has 1 aliphatic rings. The van der Waals surface area contributed by atoms with Gasteiger partial charge in [0, 0.05) is 11.3 Å². The Morgan fingerprint density at radius 2 is 1.95 bits per heavy atom. The Morgan fingerprint density at radius 1 is 1.18 bits per heavy atom. The van der Waals surface area contributed by atoms with Gasteiger partial charge in [-0.05, 0) is 30.4 Å². The van der Waals surface area contributed by atoms with Crippen LogP contribution in [-0.2, 0) is 13.1 Å². The lowest BCUT2D eigenvalue weighted by atomic mass is 10.2. The van der Waals surface area contributed by atoms with Crippen molar-refractivity contribution in [1.29, 1.82) is 0 Å². The van der Waals surface area contributed by atoms with Gasteiger partial charge in [-0.15, -0.1) is 0 Å². The van der Waals surface area contributed by atoms with E-state index in [2.05, 4.69) is 15.3 Å². The minimum absolute atomic E-state index is 0.168. The third-order valence-corrected chi connectivity index (χ3v) is 4.39. The predicted octanol–water partition coefficient (Wildman–Crippen LogP) is 2.66. The lowest BCUT2D eigenvalue weighted by Gasteiger charge is -2.19. The Balaban J connectivity index is 1.75. The van der Waals surface area contributed by atoms with Gasteiger partial charge in [-0.1, -0.05) is 23.2 Å². The summed E-state index contributed by atoms with van der Waals surface area (Å²) in [7, 11) is 0. The van der Waals surface area contributed by atoms with Crippen LogP contribution in [0.3, 0.4) is 0 Å². The van der Waals surface area contributed by atoms with Crippen LogP contribution < -0.4 is 16.8 Å². The van der Waals surface area contributed by atoms with Crippen molar-refractivity contribution < 1.29 is 0 Å². The van der Waals surface area contributed by atoms with Crippen LogP contribution in [0.2, 0.25) is 10.0 Å². The molecular weight excluding hydrogens is 343 g/mol. The summed E-state index contributed by atoms with van der Waals surface area (Å²) in [5.74, 6) is 0.559. The Hall–Kier alpha value is -1.83. The average molecular weight is 355 g/mol. The quantitative estimate of drug-likeness (QED) is 0.677. The predicted molar refractivity (Wildman–Crippen MR) is 92.8 cm³/mol. The number of thiocarbonyl (C=S) groups is 1. The van der Waals surface area contributed by atoms with Crippen LogP contribution in [-0.4, -0.2) is 20.0 Å². The highest BCUT2D eigenvalue weighted by atomic mass is 35.5. The number of nitrogens with two attached hydrogens (primary N) is 2. The van der Waals surface area contributed by atoms with Gasteiger partial charge >= 0.3 is 0 Å². The summed E-state index contributed by atoms with van der Waals surface area (Å²) in [6.07, 6.45) is 0. The zero-order valence-corrected chi connectivity index (χ0v) is 13.6. The van der Waals surface area contributed by atoms with Gasteiger partial charge in [0.1, 0.15) is 5.82 Å². The minimum atomic E-state index is 0.168. The van der Waals surface area contributed by atoms with Crippen LogP contribution in [0.15, 0.2) is 18.2 Å². The average Bonchev–Trinajstić information content (AvgIpc) is 2.87. The van der Waals surface area contributed by atoms with E-state index in [9.17, 15) is 0 Å². The molecule has 2 aromatic rings. The molecule has 0 saturated carbocycles. The molecule has 1 aromatic carbocycles. The second-order valence-electron chi connectivity index (χ2n) is 4.81. The van der Waals surface area contributed by atoms with Gasteiger partial charge in [0.05, 0.1) is 28.8 Å². The molecule has 114 valence electrons. The molecule has 0 atom stereocenters. The maximum absolute atomic E-state index is 5.99. The molecule has 0 fully saturated rings. The number of benzene rings is 1. The van der Waals surface area contributed by atoms with E-state index in [4.69, 9.17) is 46.9 Å². The number of halogens is 2. The Kier molecular flexibility index (Phi) is 3.94. The molecule has 22 heavy (non-hydrogen) atoms. The first-order chi connectivity index (χ1) is 10.4. The van der Waals surface area contributed by atoms with E-state index in [1.54, 1.807) is 18.2 Å². The van der Waals surface area contributed by atoms with Crippen LogP contribution in [0.4, 0.5) is 17.5 Å². The molecule has 5 N–H and O–H groups in total. The zero-order chi connectivity index (χ0) is 15.9. The van der Waals surface area contributed by atoms with Crippen LogP contribution in [0.5, 0.6) is 0 Å². The fourth-order valence-electron chi connectivity index (χ4n) is 2.22. The largest absolute Gasteiger partial charge is 0.383 e. The van der Waals surface area contributed by atoms with E-state index in [0.717, 1.165) is 16.9 Å². The Labute approximate surface area is 142 Å². The monoisotopic (exact) mass is 354 g/mol. The molecule has 0 bridgehead atoms. The first-order valence-electron chi connectivity index (χ1n) is 6.36. The smallest absolute Gasteiger partial charge is 0.222 e. The molecular formula is C13H12Cl2N6S. The maximum atomic E-state index is 5.99. The van der Waals surface area contributed by atoms with E-state index in [1.165, 1.54) is 0 Å². The lowest BCUT2D eigenvalue weighted by Crippen LogP contribution is -2.30. The molecule has 1 aromatic heterocycles. The van der Waals surface area contributed by atoms with Crippen molar-refractivity contribution in [2.45, 2.75) is 13.1 Å². The SMILES string of the molecule is Nc1nc(N)c2c(n1)CN(C(=S)Nc1ccc(Cl)c(Cl)c1)C2. The topological polar surface area (TPSA) is 93.1 Å². The Morgan fingerprint density at radius 3 is 2.68 bits per heavy atom. The van der Waals surface area contributed by atoms with Gasteiger partial charge in [-0.3, -0.25) is 0 Å². The Bertz CT molecular complexity index is 766. The molecule has 3 rings (SSSR count). The summed E-state index contributed by atoms with van der Waals surface area (Å²) >= 11 is 17.3. The molecule has 0 spiro atoms. The van der Waals surface area contributed by atoms with Crippen LogP contribution in [0.1, 0.15) is 11.3 Å². The highest BCUT2D eigenvalue weighted by Gasteiger charge is 2.25. The van der Waals surface area contributed by atoms with Gasteiger partial charge in [0.25, 0.3) is 0 Å². The third kappa shape index (κ3) is 2.87. The van der Waals surface area contributed by atoms with Crippen LogP contribution in [0.25, 0.3) is 0 Å². The van der Waals surface area contributed by atoms with Crippen molar-refractivity contribution in [3.05, 3.63) is 39.5 Å². The normalized spacial score (nSPS) is 13.1. The number of nitrogen functional groups attached to an aromatic ring is 2. The summed E-state index contributed by atoms with van der Waals surface area (Å²) in [6, 6.07) is 5.22. The van der Waals surface area contributed by atoms with E-state index in [-0.39, 0.29) is 5.95 Å². The summed E-state index contributed by atoms with van der Waals surface area (Å²) in [5, 5.41) is 4.60. The number of anilines is 3. The number of aromatic nitrogens is 2. The first kappa shape index (κ1) is 15.1. The molecule has 0 radical (unpaired) electrons. The maximum Gasteiger partial charge on any atom is 0.222 e. The number of hydrogen-bond acceptors (Lipinski definition) is 5. The number of fused-ring (bicyclic) bond motifs is 1. The summed E-state index contributed by atoms with van der Waals surface area (Å²) in [6.45, 7) is 1.06. The van der Waals surface area contributed by atoms with Crippen molar-refractivity contribution in [3.8, 4) is 0 Å². The fraction of sp³-hybridized carbons (Fsp3) is 0.154. The molecule has 0 aliphatic carbocycles. The van der Waals surface area contributed by atoms with E-state index in [0.29, 0.717) is 34.1 Å². The molecule has 9 heteroatoms. The summed E-state index contributed by atoms with van der Waals surface area (Å²) in [4.78, 5) is 10.1. The van der Waals surface area contributed by atoms with Gasteiger partial charge in [-0.2, -0.15) is 4.98 Å². The third-order valence-electron chi connectivity index (χ3n) is 3.29. The van der Waals surface area contributed by atoms with Crippen molar-refractivity contribution in [3.63, 3.8) is 0 Å². The molecule has 0 unspecified atom stereocenters. The number of rotatable bonds is 1. The number of nitrogens with one attached hydrogen (secondary N) is 1. The van der Waals surface area contributed by atoms with Crippen LogP contribution in [0, 0.1) is 0 Å². The standard InChI is InChI=1S/C13H12Cl2N6S/c14-8-2-1-6(3-9(8)15)18-13(22)21-4-7-10(5-21)19-12(17)20-11(7)16/h1-3H,4-5H2,(H,18,22)(H4,16,17,19,20). The molecule has 6 nitrogen and oxygen atoms in total. The van der Waals surface area contributed by atoms with Gasteiger partial charge in [-0.25, -0.2) is 4.98 Å². The summed E-state index contributed by atoms with van der Waals surface area (Å²) in [5.41, 5.74) is 13.9. The van der Waals surface area contributed by atoms with Crippen molar-refractivity contribution in [2.75, 3.05) is 16.8 Å². The lowest BCUT2D eigenvalue weighted by molar-refractivity contribution is 0.452. The second-order valence-corrected chi connectivity index (χ2v) is 6.01. The molecule has 0 amide bonds. The zero-order valence-electron chi connectivity index (χ0n) is 11.3. The number of nitrogens with zero attached hydrogens (tertiary/aromatic N) is 3. The molecule has 2 heterocycles. The van der Waals surface area contributed by atoms with Crippen molar-refractivity contribution >= 4 is 58.0 Å². The molecule has 0 saturated heterocycles. The van der Waals surface area contributed by atoms with Gasteiger partial charge in [0.2, 0.25) is 5.95 Å². The van der Waals surface area contributed by atoms with Crippen molar-refractivity contribution in [1.82, 2.24) is 14.9 Å². The fourth-order valence-corrected chi connectivity index (χ4v) is 2.77. The second kappa shape index (κ2) is 5.75. The van der Waals surface area contributed by atoms with Crippen LogP contribution >= 0.6 is 35.4 Å². The minimum Gasteiger partial charge on any atom is -0.383 e. The highest BCUT2D eigenvalue weighted by Crippen LogP contribution is 2.28. The van der Waals surface area contributed by atoms with Gasteiger partial charge in [0.15, 0.2) is 5.11 Å². The van der Waals surface area contributed by atoms with Gasteiger partial charge < -0.3 is 21.7 Å². The van der Waals surface area contributed by atoms with E-state index in [1.807, 2.05) is 4.90 Å². The van der Waals surface area contributed by atoms with Crippen molar-refractivity contribution in [2.24, 2.45) is 0 Å².